The Bertz CT molecular complexity index is 89.1. The topological polar surface area (TPSA) is 12.5 Å². The Morgan fingerprint density at radius 3 is 3.00 bits per heavy atom. The van der Waals surface area contributed by atoms with E-state index in [-0.39, 0.29) is 6.10 Å². The summed E-state index contributed by atoms with van der Waals surface area (Å²) in [6.07, 6.45) is 0.255. The largest absolute Gasteiger partial charge is 0.374 e. The molecule has 1 saturated heterocycles. The molecule has 0 radical (unpaired) electrons. The van der Waals surface area contributed by atoms with Gasteiger partial charge in [-0.15, -0.1) is 11.6 Å². The normalized spacial score (nSPS) is 30.7. The summed E-state index contributed by atoms with van der Waals surface area (Å²) >= 11 is 5.59. The average Bonchev–Trinajstić information content (AvgIpc) is 1.88. The Balaban J connectivity index is 2.23. The molecule has 0 bridgehead atoms. The van der Waals surface area contributed by atoms with E-state index < -0.39 is 0 Å². The summed E-state index contributed by atoms with van der Waals surface area (Å²) in [5.41, 5.74) is 0. The Hall–Kier alpha value is 0.210. The zero-order valence-corrected chi connectivity index (χ0v) is 6.40. The van der Waals surface area contributed by atoms with Gasteiger partial charge in [-0.25, -0.2) is 0 Å². The van der Waals surface area contributed by atoms with Crippen molar-refractivity contribution in [2.45, 2.75) is 6.10 Å². The zero-order chi connectivity index (χ0) is 6.69. The van der Waals surface area contributed by atoms with Gasteiger partial charge in [-0.3, -0.25) is 0 Å². The quantitative estimate of drug-likeness (QED) is 0.505. The van der Waals surface area contributed by atoms with Crippen molar-refractivity contribution in [3.8, 4) is 0 Å². The van der Waals surface area contributed by atoms with Crippen molar-refractivity contribution in [1.82, 2.24) is 4.90 Å². The van der Waals surface area contributed by atoms with Crippen LogP contribution in [0, 0.1) is 0 Å². The van der Waals surface area contributed by atoms with Gasteiger partial charge in [-0.1, -0.05) is 0 Å². The molecule has 0 amide bonds. The molecule has 0 spiro atoms. The first-order valence-electron chi connectivity index (χ1n) is 3.19. The molecule has 0 aromatic carbocycles. The van der Waals surface area contributed by atoms with Gasteiger partial charge in [0.15, 0.2) is 0 Å². The van der Waals surface area contributed by atoms with Crippen LogP contribution in [-0.2, 0) is 4.74 Å². The van der Waals surface area contributed by atoms with E-state index in [0.717, 1.165) is 19.7 Å². The van der Waals surface area contributed by atoms with Crippen LogP contribution in [-0.4, -0.2) is 43.6 Å². The fourth-order valence-electron chi connectivity index (χ4n) is 0.960. The van der Waals surface area contributed by atoms with Crippen LogP contribution < -0.4 is 0 Å². The van der Waals surface area contributed by atoms with Gasteiger partial charge in [0, 0.05) is 19.0 Å². The second-order valence-electron chi connectivity index (χ2n) is 2.41. The predicted octanol–water partition coefficient (Wildman–Crippen LogP) is 0.556. The minimum absolute atomic E-state index is 0.255. The monoisotopic (exact) mass is 149 g/mol. The van der Waals surface area contributed by atoms with E-state index in [2.05, 4.69) is 11.9 Å². The van der Waals surface area contributed by atoms with E-state index in [4.69, 9.17) is 16.3 Å². The van der Waals surface area contributed by atoms with Crippen molar-refractivity contribution in [2.75, 3.05) is 32.6 Å². The maximum absolute atomic E-state index is 5.59. The van der Waals surface area contributed by atoms with Crippen LogP contribution in [0.2, 0.25) is 0 Å². The van der Waals surface area contributed by atoms with Crippen LogP contribution in [0.3, 0.4) is 0 Å². The highest BCUT2D eigenvalue weighted by Crippen LogP contribution is 2.03. The third-order valence-electron chi connectivity index (χ3n) is 1.51. The van der Waals surface area contributed by atoms with Gasteiger partial charge in [0.1, 0.15) is 0 Å². The Labute approximate surface area is 60.7 Å². The minimum Gasteiger partial charge on any atom is -0.374 e. The van der Waals surface area contributed by atoms with E-state index >= 15 is 0 Å². The standard InChI is InChI=1S/C6H12ClNO/c1-8-2-3-9-6(4-7)5-8/h6H,2-5H2,1H3/t6-/m0/s1. The molecule has 0 aliphatic carbocycles. The van der Waals surface area contributed by atoms with E-state index in [1.54, 1.807) is 0 Å². The van der Waals surface area contributed by atoms with Crippen molar-refractivity contribution < 1.29 is 4.74 Å². The van der Waals surface area contributed by atoms with Crippen molar-refractivity contribution in [2.24, 2.45) is 0 Å². The highest BCUT2D eigenvalue weighted by molar-refractivity contribution is 6.18. The van der Waals surface area contributed by atoms with E-state index in [1.807, 2.05) is 0 Å². The van der Waals surface area contributed by atoms with E-state index in [1.165, 1.54) is 0 Å². The molecule has 9 heavy (non-hydrogen) atoms. The Kier molecular flexibility index (Phi) is 2.76. The summed E-state index contributed by atoms with van der Waals surface area (Å²) in [4.78, 5) is 2.23. The highest BCUT2D eigenvalue weighted by atomic mass is 35.5. The Morgan fingerprint density at radius 2 is 2.56 bits per heavy atom. The second-order valence-corrected chi connectivity index (χ2v) is 2.72. The SMILES string of the molecule is CN1CCO[C@@H](CCl)C1. The number of rotatable bonds is 1. The second kappa shape index (κ2) is 3.40. The van der Waals surface area contributed by atoms with Crippen molar-refractivity contribution in [1.29, 1.82) is 0 Å². The van der Waals surface area contributed by atoms with Crippen LogP contribution >= 0.6 is 11.6 Å². The fraction of sp³-hybridized carbons (Fsp3) is 1.00. The number of hydrogen-bond acceptors (Lipinski definition) is 2. The summed E-state index contributed by atoms with van der Waals surface area (Å²) in [6, 6.07) is 0. The number of ether oxygens (including phenoxy) is 1. The smallest absolute Gasteiger partial charge is 0.0837 e. The van der Waals surface area contributed by atoms with Gasteiger partial charge >= 0.3 is 0 Å². The molecule has 3 heteroatoms. The number of morpholine rings is 1. The first kappa shape index (κ1) is 7.32. The van der Waals surface area contributed by atoms with Crippen molar-refractivity contribution >= 4 is 11.6 Å². The molecule has 0 N–H and O–H groups in total. The van der Waals surface area contributed by atoms with Gasteiger partial charge in [0.2, 0.25) is 0 Å². The zero-order valence-electron chi connectivity index (χ0n) is 5.64. The van der Waals surface area contributed by atoms with Crippen LogP contribution in [0.5, 0.6) is 0 Å². The van der Waals surface area contributed by atoms with Gasteiger partial charge in [0.05, 0.1) is 12.7 Å². The van der Waals surface area contributed by atoms with Gasteiger partial charge in [-0.05, 0) is 7.05 Å². The lowest BCUT2D eigenvalue weighted by Crippen LogP contribution is -2.40. The van der Waals surface area contributed by atoms with Crippen molar-refractivity contribution in [3.63, 3.8) is 0 Å². The third kappa shape index (κ3) is 2.12. The lowest BCUT2D eigenvalue weighted by atomic mass is 10.3. The van der Waals surface area contributed by atoms with E-state index in [0.29, 0.717) is 5.88 Å². The third-order valence-corrected chi connectivity index (χ3v) is 1.86. The molecule has 1 rings (SSSR count). The molecule has 1 fully saturated rings. The molecule has 2 nitrogen and oxygen atoms in total. The molecule has 1 aliphatic rings. The molecule has 1 aliphatic heterocycles. The molecule has 0 aromatic rings. The summed E-state index contributed by atoms with van der Waals surface area (Å²) in [5, 5.41) is 0. The van der Waals surface area contributed by atoms with Gasteiger partial charge in [-0.2, -0.15) is 0 Å². The van der Waals surface area contributed by atoms with Crippen LogP contribution in [0.1, 0.15) is 0 Å². The number of hydrogen-bond donors (Lipinski definition) is 0. The number of nitrogens with zero attached hydrogens (tertiary/aromatic N) is 1. The fourth-order valence-corrected chi connectivity index (χ4v) is 1.15. The van der Waals surface area contributed by atoms with Crippen molar-refractivity contribution in [3.05, 3.63) is 0 Å². The summed E-state index contributed by atoms with van der Waals surface area (Å²) < 4.78 is 5.32. The lowest BCUT2D eigenvalue weighted by molar-refractivity contribution is -0.00670. The first-order valence-corrected chi connectivity index (χ1v) is 3.72. The van der Waals surface area contributed by atoms with E-state index in [9.17, 15) is 0 Å². The molecule has 1 atom stereocenters. The molecular weight excluding hydrogens is 138 g/mol. The Morgan fingerprint density at radius 1 is 1.78 bits per heavy atom. The highest BCUT2D eigenvalue weighted by Gasteiger charge is 2.15. The maximum Gasteiger partial charge on any atom is 0.0837 e. The van der Waals surface area contributed by atoms with Crippen LogP contribution in [0.4, 0.5) is 0 Å². The summed E-state index contributed by atoms with van der Waals surface area (Å²) in [6.45, 7) is 2.84. The van der Waals surface area contributed by atoms with Gasteiger partial charge in [0.25, 0.3) is 0 Å². The average molecular weight is 150 g/mol. The molecule has 0 aromatic heterocycles. The lowest BCUT2D eigenvalue weighted by Gasteiger charge is -2.28. The summed E-state index contributed by atoms with van der Waals surface area (Å²) in [5.74, 6) is 0.615. The number of likely N-dealkylation sites (N-methyl/N-ethyl adjacent to an activating group) is 1. The minimum atomic E-state index is 0.255. The summed E-state index contributed by atoms with van der Waals surface area (Å²) in [7, 11) is 2.09. The molecule has 0 saturated carbocycles. The predicted molar refractivity (Wildman–Crippen MR) is 38.0 cm³/mol. The number of halogens is 1. The molecule has 1 heterocycles. The van der Waals surface area contributed by atoms with Crippen LogP contribution in [0.25, 0.3) is 0 Å². The molecular formula is C6H12ClNO. The first-order chi connectivity index (χ1) is 4.33. The molecule has 0 unspecified atom stereocenters. The maximum atomic E-state index is 5.59. The number of alkyl halides is 1. The van der Waals surface area contributed by atoms with Crippen LogP contribution in [0.15, 0.2) is 0 Å². The van der Waals surface area contributed by atoms with Gasteiger partial charge < -0.3 is 9.64 Å². The molecule has 54 valence electrons.